The molecular weight excluding hydrogens is 436 g/mol. The molecule has 1 aromatic carbocycles. The van der Waals surface area contributed by atoms with Crippen LogP contribution < -0.4 is 15.4 Å². The summed E-state index contributed by atoms with van der Waals surface area (Å²) < 4.78 is 23.8. The zero-order chi connectivity index (χ0) is 17.2. The van der Waals surface area contributed by atoms with Crippen molar-refractivity contribution >= 4 is 29.9 Å². The number of aryl methyl sites for hydroxylation is 1. The Balaban J connectivity index is 0.00000312. The fourth-order valence-electron chi connectivity index (χ4n) is 2.57. The third-order valence-electron chi connectivity index (χ3n) is 3.94. The molecule has 1 aromatic rings. The van der Waals surface area contributed by atoms with Crippen LogP contribution in [0.5, 0.6) is 5.75 Å². The Hall–Kier alpha value is -1.09. The van der Waals surface area contributed by atoms with Gasteiger partial charge in [0.15, 0.2) is 5.96 Å². The molecule has 0 amide bonds. The van der Waals surface area contributed by atoms with Gasteiger partial charge in [0.2, 0.25) is 0 Å². The highest BCUT2D eigenvalue weighted by Gasteiger charge is 2.17. The van der Waals surface area contributed by atoms with Crippen LogP contribution >= 0.6 is 24.0 Å². The number of rotatable bonds is 8. The van der Waals surface area contributed by atoms with Crippen molar-refractivity contribution in [3.63, 3.8) is 0 Å². The van der Waals surface area contributed by atoms with Gasteiger partial charge in [-0.3, -0.25) is 9.38 Å². The number of hydrogen-bond acceptors (Lipinski definition) is 3. The van der Waals surface area contributed by atoms with E-state index in [0.29, 0.717) is 32.1 Å². The van der Waals surface area contributed by atoms with Crippen LogP contribution in [0.25, 0.3) is 0 Å². The second-order valence-corrected chi connectivity index (χ2v) is 5.95. The summed E-state index contributed by atoms with van der Waals surface area (Å²) in [4.78, 5) is 4.14. The fourth-order valence-corrected chi connectivity index (χ4v) is 2.57. The van der Waals surface area contributed by atoms with Gasteiger partial charge in [0.1, 0.15) is 12.4 Å². The topological polar surface area (TPSA) is 54.9 Å². The van der Waals surface area contributed by atoms with Gasteiger partial charge in [0.25, 0.3) is 0 Å². The highest BCUT2D eigenvalue weighted by Crippen LogP contribution is 2.22. The molecule has 0 saturated carbocycles. The maximum atomic E-state index is 12.2. The number of halogens is 2. The van der Waals surface area contributed by atoms with Gasteiger partial charge in [0.05, 0.1) is 12.8 Å². The van der Waals surface area contributed by atoms with Gasteiger partial charge in [-0.15, -0.1) is 24.0 Å². The van der Waals surface area contributed by atoms with E-state index in [2.05, 4.69) is 27.8 Å². The Labute approximate surface area is 166 Å². The minimum absolute atomic E-state index is 0. The van der Waals surface area contributed by atoms with Crippen molar-refractivity contribution in [1.82, 2.24) is 10.6 Å². The lowest BCUT2D eigenvalue weighted by atomic mass is 10.1. The van der Waals surface area contributed by atoms with Crippen molar-refractivity contribution < 1.29 is 13.9 Å². The minimum atomic E-state index is -0.330. The Morgan fingerprint density at radius 1 is 1.40 bits per heavy atom. The Bertz CT molecular complexity index is 537. The van der Waals surface area contributed by atoms with Crippen LogP contribution in [0.3, 0.4) is 0 Å². The maximum absolute atomic E-state index is 12.2. The molecule has 0 bridgehead atoms. The molecule has 1 fully saturated rings. The lowest BCUT2D eigenvalue weighted by Gasteiger charge is -2.17. The van der Waals surface area contributed by atoms with Crippen molar-refractivity contribution in [1.29, 1.82) is 0 Å². The van der Waals surface area contributed by atoms with Crippen molar-refractivity contribution in [2.24, 2.45) is 4.99 Å². The van der Waals surface area contributed by atoms with Crippen LogP contribution in [0.1, 0.15) is 30.4 Å². The Kier molecular flexibility index (Phi) is 10.8. The molecule has 1 heterocycles. The summed E-state index contributed by atoms with van der Waals surface area (Å²) in [5.41, 5.74) is 2.22. The number of hydrogen-bond donors (Lipinski definition) is 2. The molecule has 5 nitrogen and oxygen atoms in total. The maximum Gasteiger partial charge on any atom is 0.191 e. The van der Waals surface area contributed by atoms with Crippen LogP contribution in [-0.2, 0) is 11.3 Å². The van der Waals surface area contributed by atoms with E-state index in [4.69, 9.17) is 9.47 Å². The second-order valence-electron chi connectivity index (χ2n) is 5.95. The molecule has 1 saturated heterocycles. The van der Waals surface area contributed by atoms with Crippen molar-refractivity contribution in [3.05, 3.63) is 29.3 Å². The average Bonchev–Trinajstić information content (AvgIpc) is 3.11. The van der Waals surface area contributed by atoms with Gasteiger partial charge in [-0.1, -0.05) is 12.1 Å². The van der Waals surface area contributed by atoms with Crippen LogP contribution in [0, 0.1) is 6.92 Å². The SMILES string of the molecule is CN=C(NCCCF)NCc1ccc(C)cc1OCC1CCCO1.I. The lowest BCUT2D eigenvalue weighted by Crippen LogP contribution is -2.37. The lowest BCUT2D eigenvalue weighted by molar-refractivity contribution is 0.0676. The van der Waals surface area contributed by atoms with E-state index in [-0.39, 0.29) is 36.8 Å². The molecule has 0 spiro atoms. The largest absolute Gasteiger partial charge is 0.491 e. The normalized spacial score (nSPS) is 17.1. The first-order valence-electron chi connectivity index (χ1n) is 8.57. The van der Waals surface area contributed by atoms with Gasteiger partial charge in [0, 0.05) is 32.3 Å². The quantitative estimate of drug-likeness (QED) is 0.268. The van der Waals surface area contributed by atoms with Crippen molar-refractivity contribution in [2.75, 3.05) is 33.5 Å². The summed E-state index contributed by atoms with van der Waals surface area (Å²) in [7, 11) is 1.70. The highest BCUT2D eigenvalue weighted by atomic mass is 127. The number of benzene rings is 1. The molecule has 1 aliphatic rings. The van der Waals surface area contributed by atoms with Gasteiger partial charge in [-0.25, -0.2) is 0 Å². The molecule has 2 rings (SSSR count). The van der Waals surface area contributed by atoms with Crippen molar-refractivity contribution in [2.45, 2.75) is 38.8 Å². The summed E-state index contributed by atoms with van der Waals surface area (Å²) in [6.45, 7) is 4.29. The molecular formula is C18H29FIN3O2. The molecule has 25 heavy (non-hydrogen) atoms. The Morgan fingerprint density at radius 2 is 2.24 bits per heavy atom. The smallest absolute Gasteiger partial charge is 0.191 e. The predicted molar refractivity (Wildman–Crippen MR) is 110 cm³/mol. The van der Waals surface area contributed by atoms with Crippen LogP contribution in [0.15, 0.2) is 23.2 Å². The van der Waals surface area contributed by atoms with Crippen molar-refractivity contribution in [3.8, 4) is 5.75 Å². The number of nitrogens with zero attached hydrogens (tertiary/aromatic N) is 1. The van der Waals surface area contributed by atoms with E-state index >= 15 is 0 Å². The standard InChI is InChI=1S/C18H28FN3O2.HI/c1-14-6-7-15(12-22-18(20-2)21-9-4-8-19)17(11-14)24-13-16-5-3-10-23-16;/h6-7,11,16H,3-5,8-10,12-13H2,1-2H3,(H2,20,21,22);1H. The number of alkyl halides is 1. The molecule has 1 atom stereocenters. The van der Waals surface area contributed by atoms with E-state index in [0.717, 1.165) is 36.3 Å². The van der Waals surface area contributed by atoms with Crippen LogP contribution in [-0.4, -0.2) is 45.5 Å². The van der Waals surface area contributed by atoms with Gasteiger partial charge < -0.3 is 20.1 Å². The second kappa shape index (κ2) is 12.3. The Morgan fingerprint density at radius 3 is 2.92 bits per heavy atom. The van der Waals surface area contributed by atoms with Gasteiger partial charge >= 0.3 is 0 Å². The molecule has 2 N–H and O–H groups in total. The van der Waals surface area contributed by atoms with E-state index in [9.17, 15) is 4.39 Å². The zero-order valence-electron chi connectivity index (χ0n) is 15.0. The number of ether oxygens (including phenoxy) is 2. The first-order valence-corrected chi connectivity index (χ1v) is 8.57. The molecule has 0 radical (unpaired) electrons. The number of nitrogens with one attached hydrogen (secondary N) is 2. The number of guanidine groups is 1. The zero-order valence-corrected chi connectivity index (χ0v) is 17.3. The molecule has 142 valence electrons. The first-order chi connectivity index (χ1) is 11.7. The van der Waals surface area contributed by atoms with E-state index < -0.39 is 0 Å². The van der Waals surface area contributed by atoms with E-state index in [1.807, 2.05) is 13.0 Å². The van der Waals surface area contributed by atoms with Crippen LogP contribution in [0.2, 0.25) is 0 Å². The van der Waals surface area contributed by atoms with Gasteiger partial charge in [-0.2, -0.15) is 0 Å². The third kappa shape index (κ3) is 7.77. The third-order valence-corrected chi connectivity index (χ3v) is 3.94. The molecule has 0 aromatic heterocycles. The summed E-state index contributed by atoms with van der Waals surface area (Å²) in [6.07, 6.45) is 2.84. The molecule has 1 aliphatic heterocycles. The molecule has 0 aliphatic carbocycles. The monoisotopic (exact) mass is 465 g/mol. The van der Waals surface area contributed by atoms with Crippen LogP contribution in [0.4, 0.5) is 4.39 Å². The van der Waals surface area contributed by atoms with Gasteiger partial charge in [-0.05, 0) is 37.8 Å². The average molecular weight is 465 g/mol. The summed E-state index contributed by atoms with van der Waals surface area (Å²) >= 11 is 0. The summed E-state index contributed by atoms with van der Waals surface area (Å²) in [6, 6.07) is 6.17. The fraction of sp³-hybridized carbons (Fsp3) is 0.611. The predicted octanol–water partition coefficient (Wildman–Crippen LogP) is 3.20. The first kappa shape index (κ1) is 22.0. The summed E-state index contributed by atoms with van der Waals surface area (Å²) in [5.74, 6) is 1.53. The summed E-state index contributed by atoms with van der Waals surface area (Å²) in [5, 5.41) is 6.32. The highest BCUT2D eigenvalue weighted by molar-refractivity contribution is 14.0. The van der Waals surface area contributed by atoms with E-state index in [1.165, 1.54) is 0 Å². The molecule has 1 unspecified atom stereocenters. The number of aliphatic imine (C=N–C) groups is 1. The van der Waals surface area contributed by atoms with E-state index in [1.54, 1.807) is 7.05 Å². The minimum Gasteiger partial charge on any atom is -0.491 e. The molecule has 7 heteroatoms.